The maximum absolute atomic E-state index is 12.9. The number of nitrogens with two attached hydrogens (primary N) is 1. The third-order valence-corrected chi connectivity index (χ3v) is 11.2. The van der Waals surface area contributed by atoms with Crippen molar-refractivity contribution in [2.24, 2.45) is 5.73 Å². The second-order valence-corrected chi connectivity index (χ2v) is 18.0. The predicted molar refractivity (Wildman–Crippen MR) is 236 cm³/mol. The molecule has 62 heavy (non-hydrogen) atoms. The summed E-state index contributed by atoms with van der Waals surface area (Å²) in [6.45, 7) is 11.2. The molecular weight excluding hydrogens is 819 g/mol. The molecule has 0 aliphatic heterocycles. The zero-order valence-electron chi connectivity index (χ0n) is 37.3. The summed E-state index contributed by atoms with van der Waals surface area (Å²) in [5.41, 5.74) is 6.05. The first kappa shape index (κ1) is 51.4. The lowest BCUT2D eigenvalue weighted by Crippen LogP contribution is -2.52. The van der Waals surface area contributed by atoms with Gasteiger partial charge in [0.2, 0.25) is 35.4 Å². The van der Waals surface area contributed by atoms with Crippen LogP contribution in [0.4, 0.5) is 5.13 Å². The maximum Gasteiger partial charge on any atom is 0.252 e. The Morgan fingerprint density at radius 1 is 0.935 bits per heavy atom. The van der Waals surface area contributed by atoms with Crippen molar-refractivity contribution < 1.29 is 43.0 Å². The van der Waals surface area contributed by atoms with E-state index in [1.807, 2.05) is 58.0 Å². The van der Waals surface area contributed by atoms with Crippen molar-refractivity contribution in [2.45, 2.75) is 129 Å². The van der Waals surface area contributed by atoms with Gasteiger partial charge in [0.1, 0.15) is 25.3 Å². The molecule has 3 rings (SSSR count). The van der Waals surface area contributed by atoms with E-state index in [9.17, 15) is 33.6 Å². The number of nitrogens with zero attached hydrogens (tertiary/aromatic N) is 2. The van der Waals surface area contributed by atoms with E-state index in [0.717, 1.165) is 53.3 Å². The van der Waals surface area contributed by atoms with Crippen LogP contribution in [-0.2, 0) is 62.3 Å². The summed E-state index contributed by atoms with van der Waals surface area (Å²) in [5, 5.41) is 17.6. The van der Waals surface area contributed by atoms with Crippen LogP contribution in [0, 0.1) is 0 Å². The van der Waals surface area contributed by atoms with Gasteiger partial charge in [0.15, 0.2) is 5.13 Å². The number of ether oxygens (including phenoxy) is 2. The van der Waals surface area contributed by atoms with E-state index in [-0.39, 0.29) is 45.1 Å². The number of thiazole rings is 1. The van der Waals surface area contributed by atoms with Crippen molar-refractivity contribution in [3.05, 3.63) is 46.5 Å². The Kier molecular flexibility index (Phi) is 20.9. The topological polar surface area (TPSA) is 252 Å². The average Bonchev–Trinajstić information content (AvgIpc) is 3.60. The molecule has 0 fully saturated rings. The maximum atomic E-state index is 12.9. The number of nitrogens with one attached hydrogen (secondary N) is 6. The number of benzene rings is 1. The van der Waals surface area contributed by atoms with Crippen LogP contribution in [0.5, 0.6) is 0 Å². The minimum absolute atomic E-state index is 0.0203. The van der Waals surface area contributed by atoms with Gasteiger partial charge in [-0.3, -0.25) is 38.9 Å². The number of amides is 7. The molecule has 7 amide bonds. The van der Waals surface area contributed by atoms with Gasteiger partial charge in [-0.05, 0) is 85.3 Å². The Labute approximate surface area is 369 Å². The van der Waals surface area contributed by atoms with E-state index in [4.69, 9.17) is 15.2 Å². The number of hydrogen-bond acceptors (Lipinski definition) is 12. The van der Waals surface area contributed by atoms with Crippen molar-refractivity contribution in [3.63, 3.8) is 0 Å². The summed E-state index contributed by atoms with van der Waals surface area (Å²) >= 11 is 1.45. The fraction of sp³-hybridized carbons (Fsp3) is 0.628. The normalized spacial score (nSPS) is 14.7. The van der Waals surface area contributed by atoms with Crippen molar-refractivity contribution >= 4 is 57.8 Å². The van der Waals surface area contributed by atoms with Crippen LogP contribution < -0.4 is 37.6 Å². The molecule has 344 valence electrons. The standard InChI is InChI=1S/C43H67N9O9S/c1-8-20-45-30-14-15-31-33(24-30)62-41(49-31)50-37(56)26-60-27-38(57)52(7)25-36(55)46-21-17-35(54)47-28(2)40(59)51-42(3,4)19-22-61-43(5,6)18-16-34(53)48-32(39(44)58)23-29-12-10-9-11-13-29/h9-13,28,30,32,45H,8,14-27H2,1-7H3,(H2,44,58)(H,46,55)(H,47,54)(H,48,53)(H,51,59)(H,49,50,56)/t28-,30-,32-/m0/s1. The molecule has 18 nitrogen and oxygen atoms in total. The molecule has 3 atom stereocenters. The zero-order valence-corrected chi connectivity index (χ0v) is 38.1. The number of rotatable bonds is 27. The third kappa shape index (κ3) is 19.4. The summed E-state index contributed by atoms with van der Waals surface area (Å²) in [5.74, 6) is -3.22. The Hall–Kier alpha value is -4.98. The third-order valence-electron chi connectivity index (χ3n) is 10.2. The average molecular weight is 886 g/mol. The van der Waals surface area contributed by atoms with Gasteiger partial charge in [0.05, 0.1) is 17.8 Å². The van der Waals surface area contributed by atoms with Gasteiger partial charge in [-0.15, -0.1) is 11.3 Å². The zero-order chi connectivity index (χ0) is 45.9. The molecule has 1 aliphatic carbocycles. The van der Waals surface area contributed by atoms with E-state index < -0.39 is 65.3 Å². The number of fused-ring (bicyclic) bond motifs is 1. The SMILES string of the molecule is CCCN[C@H]1CCc2nc(NC(=O)COCC(=O)N(C)CC(=O)NCCC(=O)N[C@@H](C)C(=O)NC(C)(C)CCOC(C)(C)CCC(=O)N[C@@H](Cc3ccccc3)C(N)=O)sc2C1. The number of primary amides is 1. The molecule has 1 heterocycles. The van der Waals surface area contributed by atoms with Gasteiger partial charge >= 0.3 is 0 Å². The van der Waals surface area contributed by atoms with Crippen molar-refractivity contribution in [2.75, 3.05) is 51.8 Å². The molecule has 0 saturated carbocycles. The molecule has 0 unspecified atom stereocenters. The van der Waals surface area contributed by atoms with Crippen LogP contribution in [0.2, 0.25) is 0 Å². The molecule has 8 N–H and O–H groups in total. The fourth-order valence-corrected chi connectivity index (χ4v) is 7.52. The molecule has 1 aromatic heterocycles. The van der Waals surface area contributed by atoms with E-state index in [1.165, 1.54) is 18.4 Å². The molecule has 1 aliphatic rings. The van der Waals surface area contributed by atoms with Crippen LogP contribution in [0.3, 0.4) is 0 Å². The fourth-order valence-electron chi connectivity index (χ4n) is 6.41. The lowest BCUT2D eigenvalue weighted by Gasteiger charge is -2.31. The van der Waals surface area contributed by atoms with Gasteiger partial charge in [0.25, 0.3) is 5.91 Å². The van der Waals surface area contributed by atoms with Gasteiger partial charge in [-0.1, -0.05) is 37.3 Å². The van der Waals surface area contributed by atoms with Gasteiger partial charge < -0.3 is 46.7 Å². The van der Waals surface area contributed by atoms with Crippen LogP contribution in [0.25, 0.3) is 0 Å². The Bertz CT molecular complexity index is 1820. The minimum atomic E-state index is -0.863. The minimum Gasteiger partial charge on any atom is -0.375 e. The van der Waals surface area contributed by atoms with Crippen molar-refractivity contribution in [3.8, 4) is 0 Å². The number of aryl methyl sites for hydroxylation is 1. The molecule has 1 aromatic carbocycles. The number of likely N-dealkylation sites (N-methyl/N-ethyl adjacent to an activating group) is 1. The van der Waals surface area contributed by atoms with E-state index in [0.29, 0.717) is 30.4 Å². The smallest absolute Gasteiger partial charge is 0.252 e. The highest BCUT2D eigenvalue weighted by Gasteiger charge is 2.28. The van der Waals surface area contributed by atoms with Crippen LogP contribution in [-0.4, -0.2) is 127 Å². The quantitative estimate of drug-likeness (QED) is 0.0677. The molecule has 0 saturated heterocycles. The Morgan fingerprint density at radius 3 is 2.34 bits per heavy atom. The lowest BCUT2D eigenvalue weighted by molar-refractivity contribution is -0.139. The van der Waals surface area contributed by atoms with Crippen LogP contribution in [0.15, 0.2) is 30.3 Å². The highest BCUT2D eigenvalue weighted by Crippen LogP contribution is 2.30. The number of anilines is 1. The van der Waals surface area contributed by atoms with Crippen LogP contribution in [0.1, 0.15) is 96.2 Å². The van der Waals surface area contributed by atoms with Crippen LogP contribution >= 0.6 is 11.3 Å². The highest BCUT2D eigenvalue weighted by atomic mass is 32.1. The number of hydrogen-bond donors (Lipinski definition) is 7. The monoisotopic (exact) mass is 885 g/mol. The first-order valence-corrected chi connectivity index (χ1v) is 22.1. The number of aromatic nitrogens is 1. The lowest BCUT2D eigenvalue weighted by atomic mass is 9.98. The second-order valence-electron chi connectivity index (χ2n) is 16.9. The van der Waals surface area contributed by atoms with E-state index in [1.54, 1.807) is 6.92 Å². The summed E-state index contributed by atoms with van der Waals surface area (Å²) in [4.78, 5) is 94.3. The summed E-state index contributed by atoms with van der Waals surface area (Å²) in [6.07, 6.45) is 4.94. The molecule has 0 bridgehead atoms. The van der Waals surface area contributed by atoms with Gasteiger partial charge in [-0.2, -0.15) is 0 Å². The molecule has 2 aromatic rings. The van der Waals surface area contributed by atoms with Crippen molar-refractivity contribution in [1.29, 1.82) is 0 Å². The Morgan fingerprint density at radius 2 is 1.65 bits per heavy atom. The first-order chi connectivity index (χ1) is 29.3. The van der Waals surface area contributed by atoms with Gasteiger partial charge in [-0.25, -0.2) is 4.98 Å². The molecule has 19 heteroatoms. The molecule has 0 radical (unpaired) electrons. The number of carbonyl (C=O) groups is 7. The summed E-state index contributed by atoms with van der Waals surface area (Å²) in [6, 6.07) is 8.01. The first-order valence-electron chi connectivity index (χ1n) is 21.2. The molecular formula is C43H67N9O9S. The van der Waals surface area contributed by atoms with Crippen molar-refractivity contribution in [1.82, 2.24) is 36.5 Å². The van der Waals surface area contributed by atoms with Gasteiger partial charge in [0, 0.05) is 55.9 Å². The summed E-state index contributed by atoms with van der Waals surface area (Å²) in [7, 11) is 1.42. The largest absolute Gasteiger partial charge is 0.375 e. The second kappa shape index (κ2) is 25.2. The predicted octanol–water partition coefficient (Wildman–Crippen LogP) is 1.50. The molecule has 0 spiro atoms. The number of carbonyl (C=O) groups excluding carboxylic acids is 7. The summed E-state index contributed by atoms with van der Waals surface area (Å²) < 4.78 is 11.4. The Balaban J connectivity index is 1.26. The van der Waals surface area contributed by atoms with E-state index in [2.05, 4.69) is 43.8 Å². The van der Waals surface area contributed by atoms with E-state index >= 15 is 0 Å². The highest BCUT2D eigenvalue weighted by molar-refractivity contribution is 7.15.